The van der Waals surface area contributed by atoms with E-state index in [1.54, 1.807) is 30.3 Å². The number of thioether (sulfide) groups is 1. The van der Waals surface area contributed by atoms with Crippen LogP contribution in [0.5, 0.6) is 5.75 Å². The largest absolute Gasteiger partial charge is 0.507 e. The lowest BCUT2D eigenvalue weighted by Gasteiger charge is -2.16. The zero-order valence-electron chi connectivity index (χ0n) is 11.4. The van der Waals surface area contributed by atoms with Crippen LogP contribution in [0.3, 0.4) is 0 Å². The van der Waals surface area contributed by atoms with Crippen LogP contribution in [0.25, 0.3) is 6.08 Å². The molecular formula is C16H12N2O2S2. The Morgan fingerprint density at radius 1 is 1.09 bits per heavy atom. The van der Waals surface area contributed by atoms with E-state index in [-0.39, 0.29) is 11.7 Å². The van der Waals surface area contributed by atoms with E-state index in [1.807, 2.05) is 30.3 Å². The number of amides is 1. The third kappa shape index (κ3) is 2.98. The average molecular weight is 328 g/mol. The zero-order chi connectivity index (χ0) is 15.5. The Labute approximate surface area is 137 Å². The molecule has 0 spiro atoms. The number of carbonyl (C=O) groups excluding carboxylic acids is 1. The quantitative estimate of drug-likeness (QED) is 0.666. The van der Waals surface area contributed by atoms with Crippen LogP contribution in [0.1, 0.15) is 5.56 Å². The first kappa shape index (κ1) is 14.6. The Bertz CT molecular complexity index is 760. The molecule has 22 heavy (non-hydrogen) atoms. The van der Waals surface area contributed by atoms with Gasteiger partial charge in [0.05, 0.1) is 10.6 Å². The number of aromatic hydroxyl groups is 1. The van der Waals surface area contributed by atoms with Crippen molar-refractivity contribution < 1.29 is 9.90 Å². The fourth-order valence-corrected chi connectivity index (χ4v) is 3.13. The van der Waals surface area contributed by atoms with Crippen LogP contribution in [-0.4, -0.2) is 20.3 Å². The summed E-state index contributed by atoms with van der Waals surface area (Å²) >= 11 is 6.44. The number of nitrogens with one attached hydrogen (secondary N) is 1. The lowest BCUT2D eigenvalue weighted by molar-refractivity contribution is -0.121. The summed E-state index contributed by atoms with van der Waals surface area (Å²) in [6, 6.07) is 16.2. The monoisotopic (exact) mass is 328 g/mol. The number of hydrazine groups is 1. The average Bonchev–Trinajstić information content (AvgIpc) is 2.78. The predicted molar refractivity (Wildman–Crippen MR) is 93.2 cm³/mol. The number of thiocarbonyl (C=S) groups is 1. The highest BCUT2D eigenvalue weighted by molar-refractivity contribution is 8.26. The molecule has 6 heteroatoms. The maximum Gasteiger partial charge on any atom is 0.285 e. The molecule has 4 nitrogen and oxygen atoms in total. The van der Waals surface area contributed by atoms with Crippen molar-refractivity contribution in [3.8, 4) is 5.75 Å². The molecule has 0 atom stereocenters. The standard InChI is InChI=1S/C16H12N2O2S2/c19-13-9-5-4-6-11(13)10-14-15(20)18(16(21)22-14)17-12-7-2-1-3-8-12/h1-10,17,19H/b14-10+. The molecule has 0 aliphatic carbocycles. The SMILES string of the molecule is O=C1/C(=C\c2ccccc2O)SC(=S)N1Nc1ccccc1. The van der Waals surface area contributed by atoms with Crippen molar-refractivity contribution in [3.05, 3.63) is 65.1 Å². The predicted octanol–water partition coefficient (Wildman–Crippen LogP) is 3.62. The van der Waals surface area contributed by atoms with E-state index in [4.69, 9.17) is 12.2 Å². The third-order valence-electron chi connectivity index (χ3n) is 3.03. The van der Waals surface area contributed by atoms with Gasteiger partial charge >= 0.3 is 0 Å². The van der Waals surface area contributed by atoms with E-state index in [2.05, 4.69) is 5.43 Å². The highest BCUT2D eigenvalue weighted by Gasteiger charge is 2.32. The topological polar surface area (TPSA) is 52.6 Å². The van der Waals surface area contributed by atoms with E-state index < -0.39 is 0 Å². The minimum atomic E-state index is -0.234. The number of anilines is 1. The smallest absolute Gasteiger partial charge is 0.285 e. The van der Waals surface area contributed by atoms with Crippen molar-refractivity contribution >= 4 is 46.0 Å². The molecule has 3 rings (SSSR count). The molecule has 1 fully saturated rings. The van der Waals surface area contributed by atoms with Crippen LogP contribution in [0, 0.1) is 0 Å². The van der Waals surface area contributed by atoms with Gasteiger partial charge in [-0.2, -0.15) is 0 Å². The molecule has 1 heterocycles. The lowest BCUT2D eigenvalue weighted by atomic mass is 10.2. The molecule has 0 radical (unpaired) electrons. The number of benzene rings is 2. The Kier molecular flexibility index (Phi) is 4.13. The van der Waals surface area contributed by atoms with Crippen LogP contribution in [-0.2, 0) is 4.79 Å². The van der Waals surface area contributed by atoms with Gasteiger partial charge in [-0.25, -0.2) is 5.01 Å². The lowest BCUT2D eigenvalue weighted by Crippen LogP contribution is -2.33. The second kappa shape index (κ2) is 6.21. The van der Waals surface area contributed by atoms with Gasteiger partial charge in [0, 0.05) is 5.56 Å². The number of rotatable bonds is 3. The molecule has 110 valence electrons. The molecular weight excluding hydrogens is 316 g/mol. The van der Waals surface area contributed by atoms with Crippen molar-refractivity contribution in [3.63, 3.8) is 0 Å². The Balaban J connectivity index is 1.84. The van der Waals surface area contributed by atoms with E-state index in [0.29, 0.717) is 14.8 Å². The van der Waals surface area contributed by atoms with Gasteiger partial charge in [-0.15, -0.1) is 0 Å². The Morgan fingerprint density at radius 2 is 1.77 bits per heavy atom. The van der Waals surface area contributed by atoms with Crippen LogP contribution >= 0.6 is 24.0 Å². The van der Waals surface area contributed by atoms with Gasteiger partial charge in [-0.05, 0) is 36.5 Å². The minimum Gasteiger partial charge on any atom is -0.507 e. The summed E-state index contributed by atoms with van der Waals surface area (Å²) in [7, 11) is 0. The van der Waals surface area contributed by atoms with Gasteiger partial charge in [0.15, 0.2) is 4.32 Å². The summed E-state index contributed by atoms with van der Waals surface area (Å²) in [5, 5.41) is 11.1. The number of nitrogens with zero attached hydrogens (tertiary/aromatic N) is 1. The van der Waals surface area contributed by atoms with Gasteiger partial charge in [-0.1, -0.05) is 48.2 Å². The van der Waals surface area contributed by atoms with Gasteiger partial charge in [-0.3, -0.25) is 10.2 Å². The first-order valence-corrected chi connectivity index (χ1v) is 7.75. The summed E-state index contributed by atoms with van der Waals surface area (Å²) < 4.78 is 0.426. The van der Waals surface area contributed by atoms with Gasteiger partial charge < -0.3 is 5.11 Å². The van der Waals surface area contributed by atoms with Gasteiger partial charge in [0.25, 0.3) is 5.91 Å². The van der Waals surface area contributed by atoms with Crippen molar-refractivity contribution in [2.75, 3.05) is 5.43 Å². The second-order valence-electron chi connectivity index (χ2n) is 4.55. The number of phenolic OH excluding ortho intramolecular Hbond substituents is 1. The summed E-state index contributed by atoms with van der Waals surface area (Å²) in [5.74, 6) is -0.106. The fourth-order valence-electron chi connectivity index (χ4n) is 1.96. The number of carbonyl (C=O) groups is 1. The number of para-hydroxylation sites is 2. The highest BCUT2D eigenvalue weighted by Crippen LogP contribution is 2.34. The summed E-state index contributed by atoms with van der Waals surface area (Å²) in [4.78, 5) is 12.9. The maximum atomic E-state index is 12.4. The summed E-state index contributed by atoms with van der Waals surface area (Å²) in [6.07, 6.45) is 1.64. The van der Waals surface area contributed by atoms with Crippen molar-refractivity contribution in [1.82, 2.24) is 5.01 Å². The summed E-state index contributed by atoms with van der Waals surface area (Å²) in [5.41, 5.74) is 4.36. The van der Waals surface area contributed by atoms with Crippen LogP contribution in [0.4, 0.5) is 5.69 Å². The third-order valence-corrected chi connectivity index (χ3v) is 4.33. The molecule has 2 aromatic carbocycles. The maximum absolute atomic E-state index is 12.4. The first-order valence-electron chi connectivity index (χ1n) is 6.53. The molecule has 2 N–H and O–H groups in total. The molecule has 0 unspecified atom stereocenters. The molecule has 1 aliphatic rings. The zero-order valence-corrected chi connectivity index (χ0v) is 13.0. The first-order chi connectivity index (χ1) is 10.6. The number of phenols is 1. The normalized spacial score (nSPS) is 16.4. The van der Waals surface area contributed by atoms with Crippen molar-refractivity contribution in [1.29, 1.82) is 0 Å². The van der Waals surface area contributed by atoms with Gasteiger partial charge in [0.2, 0.25) is 0 Å². The van der Waals surface area contributed by atoms with E-state index >= 15 is 0 Å². The molecule has 0 bridgehead atoms. The molecule has 0 aromatic heterocycles. The van der Waals surface area contributed by atoms with Crippen molar-refractivity contribution in [2.45, 2.75) is 0 Å². The van der Waals surface area contributed by atoms with E-state index in [9.17, 15) is 9.90 Å². The summed E-state index contributed by atoms with van der Waals surface area (Å²) in [6.45, 7) is 0. The molecule has 1 amide bonds. The Hall–Kier alpha value is -2.31. The number of hydrogen-bond acceptors (Lipinski definition) is 5. The minimum absolute atomic E-state index is 0.129. The van der Waals surface area contributed by atoms with E-state index in [1.165, 1.54) is 16.8 Å². The van der Waals surface area contributed by atoms with Crippen LogP contribution in [0.2, 0.25) is 0 Å². The molecule has 2 aromatic rings. The molecule has 1 aliphatic heterocycles. The van der Waals surface area contributed by atoms with Gasteiger partial charge in [0.1, 0.15) is 5.75 Å². The number of hydrogen-bond donors (Lipinski definition) is 2. The second-order valence-corrected chi connectivity index (χ2v) is 6.23. The fraction of sp³-hybridized carbons (Fsp3) is 0. The van der Waals surface area contributed by atoms with Crippen LogP contribution < -0.4 is 5.43 Å². The van der Waals surface area contributed by atoms with Crippen molar-refractivity contribution in [2.24, 2.45) is 0 Å². The van der Waals surface area contributed by atoms with E-state index in [0.717, 1.165) is 5.69 Å². The highest BCUT2D eigenvalue weighted by atomic mass is 32.2. The van der Waals surface area contributed by atoms with Crippen LogP contribution in [0.15, 0.2) is 59.5 Å². The molecule has 0 saturated carbocycles. The Morgan fingerprint density at radius 3 is 2.50 bits per heavy atom. The molecule has 1 saturated heterocycles.